The molecule has 20 heavy (non-hydrogen) atoms. The van der Waals surface area contributed by atoms with E-state index in [0.717, 1.165) is 5.69 Å². The Labute approximate surface area is 119 Å². The van der Waals surface area contributed by atoms with Crippen LogP contribution in [0.25, 0.3) is 0 Å². The fourth-order valence-corrected chi connectivity index (χ4v) is 2.22. The van der Waals surface area contributed by atoms with E-state index < -0.39 is 6.04 Å². The van der Waals surface area contributed by atoms with Crippen LogP contribution >= 0.6 is 0 Å². The lowest BCUT2D eigenvalue weighted by molar-refractivity contribution is -0.129. The number of carbonyl (C=O) groups excluding carboxylic acids is 2. The van der Waals surface area contributed by atoms with Crippen molar-refractivity contribution in [2.45, 2.75) is 32.4 Å². The van der Waals surface area contributed by atoms with Crippen molar-refractivity contribution in [3.63, 3.8) is 0 Å². The van der Waals surface area contributed by atoms with Gasteiger partial charge in [0.2, 0.25) is 11.8 Å². The molecule has 2 amide bonds. The first-order valence-corrected chi connectivity index (χ1v) is 6.93. The Kier molecular flexibility index (Phi) is 4.39. The minimum absolute atomic E-state index is 0.0542. The fourth-order valence-electron chi connectivity index (χ4n) is 2.22. The van der Waals surface area contributed by atoms with Crippen LogP contribution < -0.4 is 16.0 Å². The van der Waals surface area contributed by atoms with E-state index in [1.165, 1.54) is 0 Å². The van der Waals surface area contributed by atoms with Gasteiger partial charge in [0.05, 0.1) is 0 Å². The number of hydrogen-bond donors (Lipinski definition) is 2. The molecule has 0 bridgehead atoms. The molecule has 5 nitrogen and oxygen atoms in total. The maximum absolute atomic E-state index is 12.3. The number of nitrogens with zero attached hydrogens (tertiary/aromatic N) is 1. The van der Waals surface area contributed by atoms with Crippen molar-refractivity contribution >= 4 is 17.5 Å². The summed E-state index contributed by atoms with van der Waals surface area (Å²) in [6.07, 6.45) is 0.630. The second kappa shape index (κ2) is 6.05. The summed E-state index contributed by atoms with van der Waals surface area (Å²) in [5, 5.41) is 2.80. The van der Waals surface area contributed by atoms with Crippen molar-refractivity contribution < 1.29 is 9.59 Å². The molecule has 2 rings (SSSR count). The Balaban J connectivity index is 2.00. The van der Waals surface area contributed by atoms with Gasteiger partial charge >= 0.3 is 0 Å². The molecule has 108 valence electrons. The zero-order valence-electron chi connectivity index (χ0n) is 11.9. The average Bonchev–Trinajstić information content (AvgIpc) is 2.80. The van der Waals surface area contributed by atoms with Crippen LogP contribution in [0.3, 0.4) is 0 Å². The van der Waals surface area contributed by atoms with E-state index >= 15 is 0 Å². The summed E-state index contributed by atoms with van der Waals surface area (Å²) >= 11 is 0. The summed E-state index contributed by atoms with van der Waals surface area (Å²) in [4.78, 5) is 26.0. The van der Waals surface area contributed by atoms with Gasteiger partial charge in [-0.05, 0) is 25.5 Å². The molecule has 3 atom stereocenters. The van der Waals surface area contributed by atoms with Crippen LogP contribution in [-0.4, -0.2) is 30.4 Å². The number of nitrogens with one attached hydrogen (secondary N) is 1. The second-order valence-corrected chi connectivity index (χ2v) is 5.32. The molecule has 1 fully saturated rings. The molecule has 0 spiro atoms. The number of nitrogens with two attached hydrogens (primary N) is 1. The van der Waals surface area contributed by atoms with Gasteiger partial charge in [-0.3, -0.25) is 9.59 Å². The van der Waals surface area contributed by atoms with E-state index in [4.69, 9.17) is 5.73 Å². The lowest BCUT2D eigenvalue weighted by Gasteiger charge is -2.19. The maximum Gasteiger partial charge on any atom is 0.249 e. The molecule has 5 heteroatoms. The molecular weight excluding hydrogens is 254 g/mol. The lowest BCUT2D eigenvalue weighted by Crippen LogP contribution is -2.46. The number of carbonyl (C=O) groups is 2. The first-order valence-electron chi connectivity index (χ1n) is 6.93. The third-order valence-corrected chi connectivity index (χ3v) is 3.79. The standard InChI is InChI=1S/C15H21N3O2/c1-10(11(2)16)14(19)17-13-8-9-18(15(13)20)12-6-4-3-5-7-12/h3-7,10-11,13H,8-9,16H2,1-2H3,(H,17,19). The topological polar surface area (TPSA) is 75.4 Å². The fraction of sp³-hybridized carbons (Fsp3) is 0.467. The molecule has 0 aliphatic carbocycles. The van der Waals surface area contributed by atoms with E-state index in [1.807, 2.05) is 30.3 Å². The summed E-state index contributed by atoms with van der Waals surface area (Å²) in [7, 11) is 0. The van der Waals surface area contributed by atoms with Crippen LogP contribution in [0.15, 0.2) is 30.3 Å². The highest BCUT2D eigenvalue weighted by Gasteiger charge is 2.34. The Morgan fingerprint density at radius 2 is 2.00 bits per heavy atom. The number of anilines is 1. The monoisotopic (exact) mass is 275 g/mol. The van der Waals surface area contributed by atoms with Gasteiger partial charge in [0.15, 0.2) is 0 Å². The van der Waals surface area contributed by atoms with E-state index in [-0.39, 0.29) is 23.8 Å². The van der Waals surface area contributed by atoms with Gasteiger partial charge in [0.1, 0.15) is 6.04 Å². The third kappa shape index (κ3) is 2.99. The van der Waals surface area contributed by atoms with Crippen molar-refractivity contribution in [1.29, 1.82) is 0 Å². The zero-order valence-corrected chi connectivity index (χ0v) is 11.9. The predicted octanol–water partition coefficient (Wildman–Crippen LogP) is 0.891. The average molecular weight is 275 g/mol. The van der Waals surface area contributed by atoms with Crippen molar-refractivity contribution in [2.24, 2.45) is 11.7 Å². The van der Waals surface area contributed by atoms with Gasteiger partial charge in [-0.25, -0.2) is 0 Å². The van der Waals surface area contributed by atoms with E-state index in [1.54, 1.807) is 18.7 Å². The van der Waals surface area contributed by atoms with Crippen molar-refractivity contribution in [3.8, 4) is 0 Å². The van der Waals surface area contributed by atoms with Gasteiger partial charge in [-0.15, -0.1) is 0 Å². The quantitative estimate of drug-likeness (QED) is 0.857. The summed E-state index contributed by atoms with van der Waals surface area (Å²) in [6.45, 7) is 4.19. The van der Waals surface area contributed by atoms with Gasteiger partial charge < -0.3 is 16.0 Å². The molecule has 0 radical (unpaired) electrons. The second-order valence-electron chi connectivity index (χ2n) is 5.32. The highest BCUT2D eigenvalue weighted by Crippen LogP contribution is 2.21. The molecule has 1 aliphatic rings. The van der Waals surface area contributed by atoms with Crippen molar-refractivity contribution in [1.82, 2.24) is 5.32 Å². The number of hydrogen-bond acceptors (Lipinski definition) is 3. The SMILES string of the molecule is CC(N)C(C)C(=O)NC1CCN(c2ccccc2)C1=O. The van der Waals surface area contributed by atoms with E-state index in [9.17, 15) is 9.59 Å². The van der Waals surface area contributed by atoms with Crippen LogP contribution in [0.4, 0.5) is 5.69 Å². The Morgan fingerprint density at radius 3 is 2.60 bits per heavy atom. The molecule has 1 aromatic carbocycles. The highest BCUT2D eigenvalue weighted by atomic mass is 16.2. The maximum atomic E-state index is 12.3. The Morgan fingerprint density at radius 1 is 1.35 bits per heavy atom. The number of para-hydroxylation sites is 1. The summed E-state index contributed by atoms with van der Waals surface area (Å²) in [6, 6.07) is 8.83. The van der Waals surface area contributed by atoms with Gasteiger partial charge in [-0.1, -0.05) is 25.1 Å². The van der Waals surface area contributed by atoms with Crippen LogP contribution in [0.2, 0.25) is 0 Å². The normalized spacial score (nSPS) is 21.6. The Bertz CT molecular complexity index is 487. The minimum Gasteiger partial charge on any atom is -0.344 e. The molecule has 3 unspecified atom stereocenters. The summed E-state index contributed by atoms with van der Waals surface area (Å²) in [5.41, 5.74) is 6.58. The van der Waals surface area contributed by atoms with Crippen molar-refractivity contribution in [3.05, 3.63) is 30.3 Å². The molecule has 1 aliphatic heterocycles. The van der Waals surface area contributed by atoms with E-state index in [2.05, 4.69) is 5.32 Å². The Hall–Kier alpha value is -1.88. The van der Waals surface area contributed by atoms with E-state index in [0.29, 0.717) is 13.0 Å². The minimum atomic E-state index is -0.441. The highest BCUT2D eigenvalue weighted by molar-refractivity contribution is 6.01. The first-order chi connectivity index (χ1) is 9.50. The predicted molar refractivity (Wildman–Crippen MR) is 78.2 cm³/mol. The van der Waals surface area contributed by atoms with Crippen LogP contribution in [0, 0.1) is 5.92 Å². The molecular formula is C15H21N3O2. The number of benzene rings is 1. The summed E-state index contributed by atoms with van der Waals surface area (Å²) in [5.74, 6) is -0.511. The molecule has 0 aromatic heterocycles. The molecule has 0 saturated carbocycles. The lowest BCUT2D eigenvalue weighted by atomic mass is 10.0. The van der Waals surface area contributed by atoms with Crippen molar-refractivity contribution in [2.75, 3.05) is 11.4 Å². The largest absolute Gasteiger partial charge is 0.344 e. The zero-order chi connectivity index (χ0) is 14.7. The summed E-state index contributed by atoms with van der Waals surface area (Å²) < 4.78 is 0. The van der Waals surface area contributed by atoms with Gasteiger partial charge in [0.25, 0.3) is 0 Å². The first kappa shape index (κ1) is 14.5. The third-order valence-electron chi connectivity index (χ3n) is 3.79. The van der Waals surface area contributed by atoms with Gasteiger partial charge in [-0.2, -0.15) is 0 Å². The number of rotatable bonds is 4. The molecule has 1 aromatic rings. The molecule has 3 N–H and O–H groups in total. The van der Waals surface area contributed by atoms with Crippen LogP contribution in [-0.2, 0) is 9.59 Å². The molecule has 1 heterocycles. The van der Waals surface area contributed by atoms with Crippen LogP contribution in [0.1, 0.15) is 20.3 Å². The van der Waals surface area contributed by atoms with Crippen LogP contribution in [0.5, 0.6) is 0 Å². The smallest absolute Gasteiger partial charge is 0.249 e. The number of amides is 2. The molecule has 1 saturated heterocycles. The van der Waals surface area contributed by atoms with Gasteiger partial charge in [0, 0.05) is 24.2 Å².